The topological polar surface area (TPSA) is 35.5 Å². The minimum absolute atomic E-state index is 0.00483. The van der Waals surface area contributed by atoms with E-state index < -0.39 is 0 Å². The summed E-state index contributed by atoms with van der Waals surface area (Å²) in [4.78, 5) is 12.3. The van der Waals surface area contributed by atoms with Crippen LogP contribution in [0, 0.1) is 17.3 Å². The molecule has 1 aromatic rings. The highest BCUT2D eigenvalue weighted by Gasteiger charge is 2.61. The molecule has 2 rings (SSSR count). The van der Waals surface area contributed by atoms with Gasteiger partial charge in [0, 0.05) is 5.56 Å². The lowest BCUT2D eigenvalue weighted by molar-refractivity contribution is -0.147. The van der Waals surface area contributed by atoms with E-state index in [0.717, 1.165) is 11.3 Å². The van der Waals surface area contributed by atoms with Crippen LogP contribution in [0.1, 0.15) is 33.3 Å². The molecule has 1 aromatic carbocycles. The van der Waals surface area contributed by atoms with Crippen LogP contribution in [0.4, 0.5) is 0 Å². The van der Waals surface area contributed by atoms with Crippen molar-refractivity contribution in [3.8, 4) is 5.75 Å². The van der Waals surface area contributed by atoms with Crippen molar-refractivity contribution in [2.24, 2.45) is 17.3 Å². The van der Waals surface area contributed by atoms with Gasteiger partial charge in [-0.05, 0) is 31.2 Å². The summed E-state index contributed by atoms with van der Waals surface area (Å²) in [5.74, 6) is 0.879. The Bertz CT molecular complexity index is 553. The number of hydrogen-bond acceptors (Lipinski definition) is 3. The predicted octanol–water partition coefficient (Wildman–Crippen LogP) is 3.98. The smallest absolute Gasteiger partial charge is 0.310 e. The van der Waals surface area contributed by atoms with Crippen LogP contribution < -0.4 is 4.74 Å². The highest BCUT2D eigenvalue weighted by atomic mass is 16.5. The largest absolute Gasteiger partial charge is 0.496 e. The van der Waals surface area contributed by atoms with Crippen molar-refractivity contribution in [1.29, 1.82) is 0 Å². The number of allylic oxidation sites excluding steroid dienone is 2. The molecule has 3 nitrogen and oxygen atoms in total. The van der Waals surface area contributed by atoms with E-state index >= 15 is 0 Å². The quantitative estimate of drug-likeness (QED) is 0.607. The first kappa shape index (κ1) is 15.6. The Labute approximate surface area is 127 Å². The lowest BCUT2D eigenvalue weighted by atomic mass is 10.1. The predicted molar refractivity (Wildman–Crippen MR) is 83.0 cm³/mol. The third-order valence-corrected chi connectivity index (χ3v) is 4.24. The maximum atomic E-state index is 12.3. The third-order valence-electron chi connectivity index (χ3n) is 4.24. The summed E-state index contributed by atoms with van der Waals surface area (Å²) in [7, 11) is 1.62. The van der Waals surface area contributed by atoms with Crippen LogP contribution in [0.5, 0.6) is 5.75 Å². The minimum atomic E-state index is -0.117. The van der Waals surface area contributed by atoms with Crippen molar-refractivity contribution in [1.82, 2.24) is 0 Å². The third kappa shape index (κ3) is 3.29. The summed E-state index contributed by atoms with van der Waals surface area (Å²) in [5, 5.41) is 0. The molecule has 1 unspecified atom stereocenters. The maximum Gasteiger partial charge on any atom is 0.310 e. The fourth-order valence-corrected chi connectivity index (χ4v) is 2.86. The Morgan fingerprint density at radius 2 is 1.95 bits per heavy atom. The van der Waals surface area contributed by atoms with Gasteiger partial charge in [0.05, 0.1) is 13.0 Å². The van der Waals surface area contributed by atoms with E-state index in [1.165, 1.54) is 5.57 Å². The van der Waals surface area contributed by atoms with Gasteiger partial charge in [0.15, 0.2) is 0 Å². The molecule has 0 heterocycles. The first-order valence-corrected chi connectivity index (χ1v) is 7.31. The molecule has 1 aliphatic rings. The van der Waals surface area contributed by atoms with Crippen LogP contribution in [0.2, 0.25) is 0 Å². The zero-order valence-corrected chi connectivity index (χ0v) is 13.5. The molecular formula is C18H24O3. The van der Waals surface area contributed by atoms with E-state index in [-0.39, 0.29) is 29.8 Å². The van der Waals surface area contributed by atoms with Gasteiger partial charge in [-0.1, -0.05) is 43.7 Å². The molecule has 114 valence electrons. The number of para-hydroxylation sites is 1. The van der Waals surface area contributed by atoms with Gasteiger partial charge in [0.2, 0.25) is 0 Å². The van der Waals surface area contributed by atoms with Crippen LogP contribution in [0.3, 0.4) is 0 Å². The lowest BCUT2D eigenvalue weighted by Gasteiger charge is -2.09. The number of methoxy groups -OCH3 is 1. The van der Waals surface area contributed by atoms with Gasteiger partial charge in [0.1, 0.15) is 12.4 Å². The van der Waals surface area contributed by atoms with E-state index in [9.17, 15) is 4.79 Å². The van der Waals surface area contributed by atoms with Crippen molar-refractivity contribution < 1.29 is 14.3 Å². The van der Waals surface area contributed by atoms with Gasteiger partial charge in [-0.2, -0.15) is 0 Å². The van der Waals surface area contributed by atoms with Gasteiger partial charge < -0.3 is 9.47 Å². The first-order chi connectivity index (χ1) is 9.87. The van der Waals surface area contributed by atoms with Gasteiger partial charge in [-0.25, -0.2) is 0 Å². The zero-order valence-electron chi connectivity index (χ0n) is 13.5. The molecular weight excluding hydrogens is 264 g/mol. The average Bonchev–Trinajstić information content (AvgIpc) is 2.96. The summed E-state index contributed by atoms with van der Waals surface area (Å²) in [6.45, 7) is 8.62. The molecule has 0 aliphatic heterocycles. The van der Waals surface area contributed by atoms with E-state index in [4.69, 9.17) is 9.47 Å². The number of benzene rings is 1. The monoisotopic (exact) mass is 288 g/mol. The number of rotatable bonds is 5. The van der Waals surface area contributed by atoms with Crippen molar-refractivity contribution in [2.75, 3.05) is 7.11 Å². The molecule has 2 atom stereocenters. The second-order valence-corrected chi connectivity index (χ2v) is 6.49. The Morgan fingerprint density at radius 3 is 2.57 bits per heavy atom. The number of carbonyl (C=O) groups excluding carboxylic acids is 1. The van der Waals surface area contributed by atoms with E-state index in [2.05, 4.69) is 33.8 Å². The molecule has 21 heavy (non-hydrogen) atoms. The molecule has 0 aromatic heterocycles. The van der Waals surface area contributed by atoms with Crippen molar-refractivity contribution in [3.63, 3.8) is 0 Å². The van der Waals surface area contributed by atoms with Gasteiger partial charge >= 0.3 is 5.97 Å². The summed E-state index contributed by atoms with van der Waals surface area (Å²) in [5.41, 5.74) is 2.13. The molecule has 0 saturated heterocycles. The molecule has 0 amide bonds. The fraction of sp³-hybridized carbons (Fsp3) is 0.500. The molecule has 0 radical (unpaired) electrons. The summed E-state index contributed by atoms with van der Waals surface area (Å²) in [6.07, 6.45) is 2.18. The van der Waals surface area contributed by atoms with Crippen molar-refractivity contribution in [2.45, 2.75) is 34.3 Å². The lowest BCUT2D eigenvalue weighted by Crippen LogP contribution is -2.11. The highest BCUT2D eigenvalue weighted by Crippen LogP contribution is 2.59. The zero-order chi connectivity index (χ0) is 15.6. The molecule has 0 N–H and O–H groups in total. The number of carbonyl (C=O) groups is 1. The van der Waals surface area contributed by atoms with Gasteiger partial charge in [-0.3, -0.25) is 4.79 Å². The Kier molecular flexibility index (Phi) is 4.40. The van der Waals surface area contributed by atoms with Crippen molar-refractivity contribution >= 4 is 5.97 Å². The number of esters is 1. The summed E-state index contributed by atoms with van der Waals surface area (Å²) in [6, 6.07) is 7.60. The van der Waals surface area contributed by atoms with Crippen LogP contribution >= 0.6 is 0 Å². The highest BCUT2D eigenvalue weighted by molar-refractivity contribution is 5.78. The Morgan fingerprint density at radius 1 is 1.29 bits per heavy atom. The molecule has 0 spiro atoms. The van der Waals surface area contributed by atoms with Crippen LogP contribution in [-0.2, 0) is 16.1 Å². The Hall–Kier alpha value is -1.77. The van der Waals surface area contributed by atoms with Crippen molar-refractivity contribution in [3.05, 3.63) is 41.5 Å². The molecule has 1 fully saturated rings. The van der Waals surface area contributed by atoms with Crippen LogP contribution in [0.15, 0.2) is 35.9 Å². The van der Waals surface area contributed by atoms with E-state index in [1.54, 1.807) is 7.11 Å². The first-order valence-electron chi connectivity index (χ1n) is 7.31. The summed E-state index contributed by atoms with van der Waals surface area (Å²) >= 11 is 0. The molecule has 1 saturated carbocycles. The second kappa shape index (κ2) is 5.92. The Balaban J connectivity index is 1.99. The number of ether oxygens (including phenoxy) is 2. The fourth-order valence-electron chi connectivity index (χ4n) is 2.86. The number of hydrogen-bond donors (Lipinski definition) is 0. The van der Waals surface area contributed by atoms with Gasteiger partial charge in [-0.15, -0.1) is 0 Å². The van der Waals surface area contributed by atoms with E-state index in [1.807, 2.05) is 24.3 Å². The standard InChI is InChI=1S/C18H24O3/c1-12(2)10-14-16(18(14,3)4)17(19)21-11-13-8-6-7-9-15(13)20-5/h6-10,14,16H,11H2,1-5H3/t14?,16-/m0/s1. The molecule has 1 aliphatic carbocycles. The maximum absolute atomic E-state index is 12.3. The van der Waals surface area contributed by atoms with Crippen LogP contribution in [-0.4, -0.2) is 13.1 Å². The molecule has 3 heteroatoms. The minimum Gasteiger partial charge on any atom is -0.496 e. The molecule has 0 bridgehead atoms. The normalized spacial score (nSPS) is 22.3. The average molecular weight is 288 g/mol. The van der Waals surface area contributed by atoms with Crippen LogP contribution in [0.25, 0.3) is 0 Å². The SMILES string of the molecule is COc1ccccc1COC(=O)[C@@H]1C(C=C(C)C)C1(C)C. The van der Waals surface area contributed by atoms with E-state index in [0.29, 0.717) is 0 Å². The van der Waals surface area contributed by atoms with Gasteiger partial charge in [0.25, 0.3) is 0 Å². The second-order valence-electron chi connectivity index (χ2n) is 6.49. The summed E-state index contributed by atoms with van der Waals surface area (Å²) < 4.78 is 10.8.